The number of piperazine rings is 1. The highest BCUT2D eigenvalue weighted by Crippen LogP contribution is 2.24. The van der Waals surface area contributed by atoms with Gasteiger partial charge in [0.15, 0.2) is 0 Å². The van der Waals surface area contributed by atoms with Gasteiger partial charge < -0.3 is 20.4 Å². The predicted octanol–water partition coefficient (Wildman–Crippen LogP) is 1.79. The normalized spacial score (nSPS) is 19.1. The highest BCUT2D eigenvalue weighted by molar-refractivity contribution is 5.74. The Bertz CT molecular complexity index is 493. The van der Waals surface area contributed by atoms with Gasteiger partial charge in [-0.25, -0.2) is 4.79 Å². The molecule has 2 fully saturated rings. The van der Waals surface area contributed by atoms with Crippen molar-refractivity contribution in [2.75, 3.05) is 44.2 Å². The fourth-order valence-electron chi connectivity index (χ4n) is 3.25. The summed E-state index contributed by atoms with van der Waals surface area (Å²) in [7, 11) is 0. The Labute approximate surface area is 132 Å². The summed E-state index contributed by atoms with van der Waals surface area (Å²) in [4.78, 5) is 16.6. The molecule has 2 aliphatic heterocycles. The lowest BCUT2D eigenvalue weighted by Crippen LogP contribution is -2.50. The first-order valence-electron chi connectivity index (χ1n) is 8.41. The van der Waals surface area contributed by atoms with E-state index in [0.29, 0.717) is 6.54 Å². The quantitative estimate of drug-likeness (QED) is 0.895. The van der Waals surface area contributed by atoms with Crippen LogP contribution in [0.1, 0.15) is 24.8 Å². The van der Waals surface area contributed by atoms with Gasteiger partial charge in [0.1, 0.15) is 0 Å². The lowest BCUT2D eigenvalue weighted by molar-refractivity contribution is 0.190. The molecule has 1 aromatic carbocycles. The molecule has 1 aromatic rings. The minimum atomic E-state index is 0.0509. The summed E-state index contributed by atoms with van der Waals surface area (Å²) in [6.45, 7) is 6.22. The first-order valence-corrected chi connectivity index (χ1v) is 8.41. The van der Waals surface area contributed by atoms with Crippen molar-refractivity contribution in [2.45, 2.75) is 25.8 Å². The van der Waals surface area contributed by atoms with E-state index in [4.69, 9.17) is 0 Å². The van der Waals surface area contributed by atoms with E-state index in [1.54, 1.807) is 0 Å². The molecule has 0 aromatic heterocycles. The Morgan fingerprint density at radius 1 is 1.05 bits per heavy atom. The average molecular weight is 302 g/mol. The van der Waals surface area contributed by atoms with Crippen LogP contribution in [0.2, 0.25) is 0 Å². The maximum absolute atomic E-state index is 12.2. The molecule has 0 atom stereocenters. The second-order valence-electron chi connectivity index (χ2n) is 6.07. The van der Waals surface area contributed by atoms with Gasteiger partial charge in [0, 0.05) is 51.5 Å². The van der Waals surface area contributed by atoms with Crippen LogP contribution in [0, 0.1) is 0 Å². The third-order valence-electron chi connectivity index (χ3n) is 4.52. The standard InChI is InChI=1S/C17H26N4O/c22-17(21-12-8-18-9-13-21)19-14-15-6-2-3-7-16(15)20-10-4-1-5-11-20/h2-3,6-7,18H,1,4-5,8-14H2,(H,19,22). The molecule has 0 bridgehead atoms. The number of hydrogen-bond donors (Lipinski definition) is 2. The Morgan fingerprint density at radius 2 is 1.77 bits per heavy atom. The van der Waals surface area contributed by atoms with E-state index in [9.17, 15) is 4.79 Å². The number of amides is 2. The van der Waals surface area contributed by atoms with Crippen molar-refractivity contribution in [2.24, 2.45) is 0 Å². The van der Waals surface area contributed by atoms with Gasteiger partial charge in [-0.3, -0.25) is 0 Å². The van der Waals surface area contributed by atoms with Crippen LogP contribution >= 0.6 is 0 Å². The van der Waals surface area contributed by atoms with Crippen LogP contribution in [0.15, 0.2) is 24.3 Å². The Balaban J connectivity index is 1.60. The molecule has 120 valence electrons. The third kappa shape index (κ3) is 3.71. The van der Waals surface area contributed by atoms with Crippen LogP contribution in [-0.2, 0) is 6.54 Å². The fourth-order valence-corrected chi connectivity index (χ4v) is 3.25. The van der Waals surface area contributed by atoms with Crippen molar-refractivity contribution in [1.29, 1.82) is 0 Å². The molecule has 2 aliphatic rings. The van der Waals surface area contributed by atoms with Gasteiger partial charge in [0.2, 0.25) is 0 Å². The maximum atomic E-state index is 12.2. The van der Waals surface area contributed by atoms with E-state index in [2.05, 4.69) is 39.8 Å². The third-order valence-corrected chi connectivity index (χ3v) is 4.52. The second kappa shape index (κ2) is 7.49. The maximum Gasteiger partial charge on any atom is 0.317 e. The van der Waals surface area contributed by atoms with Crippen molar-refractivity contribution in [3.8, 4) is 0 Å². The molecule has 3 rings (SSSR count). The van der Waals surface area contributed by atoms with Crippen molar-refractivity contribution in [3.63, 3.8) is 0 Å². The zero-order valence-electron chi connectivity index (χ0n) is 13.2. The summed E-state index contributed by atoms with van der Waals surface area (Å²) in [5.74, 6) is 0. The summed E-state index contributed by atoms with van der Waals surface area (Å²) in [5, 5.41) is 6.35. The Kier molecular flexibility index (Phi) is 5.16. The number of piperidine rings is 1. The lowest BCUT2D eigenvalue weighted by Gasteiger charge is -2.31. The topological polar surface area (TPSA) is 47.6 Å². The first kappa shape index (κ1) is 15.2. The van der Waals surface area contributed by atoms with Crippen LogP contribution in [-0.4, -0.2) is 50.2 Å². The molecule has 0 spiro atoms. The van der Waals surface area contributed by atoms with Gasteiger partial charge in [0.25, 0.3) is 0 Å². The Morgan fingerprint density at radius 3 is 2.55 bits per heavy atom. The van der Waals surface area contributed by atoms with Gasteiger partial charge >= 0.3 is 6.03 Å². The first-order chi connectivity index (χ1) is 10.8. The van der Waals surface area contributed by atoms with Crippen LogP contribution in [0.25, 0.3) is 0 Å². The monoisotopic (exact) mass is 302 g/mol. The molecule has 2 heterocycles. The van der Waals surface area contributed by atoms with E-state index in [1.807, 2.05) is 4.90 Å². The number of benzene rings is 1. The second-order valence-corrected chi connectivity index (χ2v) is 6.07. The van der Waals surface area contributed by atoms with E-state index in [0.717, 1.165) is 39.3 Å². The molecule has 2 saturated heterocycles. The SMILES string of the molecule is O=C(NCc1ccccc1N1CCCCC1)N1CCNCC1. The van der Waals surface area contributed by atoms with Crippen molar-refractivity contribution < 1.29 is 4.79 Å². The number of anilines is 1. The van der Waals surface area contributed by atoms with E-state index < -0.39 is 0 Å². The lowest BCUT2D eigenvalue weighted by atomic mass is 10.1. The molecule has 2 amide bonds. The van der Waals surface area contributed by atoms with Gasteiger partial charge in [-0.15, -0.1) is 0 Å². The van der Waals surface area contributed by atoms with Gasteiger partial charge in [0.05, 0.1) is 0 Å². The van der Waals surface area contributed by atoms with Crippen LogP contribution in [0.3, 0.4) is 0 Å². The van der Waals surface area contributed by atoms with Gasteiger partial charge in [-0.05, 0) is 30.9 Å². The molecular weight excluding hydrogens is 276 g/mol. The number of rotatable bonds is 3. The predicted molar refractivity (Wildman–Crippen MR) is 89.2 cm³/mol. The molecule has 0 radical (unpaired) electrons. The highest BCUT2D eigenvalue weighted by atomic mass is 16.2. The number of urea groups is 1. The number of nitrogens with one attached hydrogen (secondary N) is 2. The number of nitrogens with zero attached hydrogens (tertiary/aromatic N) is 2. The minimum Gasteiger partial charge on any atom is -0.371 e. The summed E-state index contributed by atoms with van der Waals surface area (Å²) in [6.07, 6.45) is 3.86. The van der Waals surface area contributed by atoms with Crippen molar-refractivity contribution in [3.05, 3.63) is 29.8 Å². The fraction of sp³-hybridized carbons (Fsp3) is 0.588. The van der Waals surface area contributed by atoms with Crippen LogP contribution < -0.4 is 15.5 Å². The molecule has 5 nitrogen and oxygen atoms in total. The number of carbonyl (C=O) groups is 1. The number of hydrogen-bond acceptors (Lipinski definition) is 3. The minimum absolute atomic E-state index is 0.0509. The van der Waals surface area contributed by atoms with Crippen LogP contribution in [0.4, 0.5) is 10.5 Å². The number of para-hydroxylation sites is 1. The number of carbonyl (C=O) groups excluding carboxylic acids is 1. The summed E-state index contributed by atoms with van der Waals surface area (Å²) in [6, 6.07) is 8.50. The Hall–Kier alpha value is -1.75. The summed E-state index contributed by atoms with van der Waals surface area (Å²) in [5.41, 5.74) is 2.50. The highest BCUT2D eigenvalue weighted by Gasteiger charge is 2.17. The van der Waals surface area contributed by atoms with E-state index >= 15 is 0 Å². The van der Waals surface area contributed by atoms with Crippen molar-refractivity contribution in [1.82, 2.24) is 15.5 Å². The van der Waals surface area contributed by atoms with Crippen molar-refractivity contribution >= 4 is 11.7 Å². The van der Waals surface area contributed by atoms with E-state index in [-0.39, 0.29) is 6.03 Å². The van der Waals surface area contributed by atoms with Crippen LogP contribution in [0.5, 0.6) is 0 Å². The molecule has 5 heteroatoms. The molecular formula is C17H26N4O. The van der Waals surface area contributed by atoms with E-state index in [1.165, 1.54) is 30.5 Å². The molecule has 0 unspecified atom stereocenters. The smallest absolute Gasteiger partial charge is 0.317 e. The molecule has 0 saturated carbocycles. The summed E-state index contributed by atoms with van der Waals surface area (Å²) < 4.78 is 0. The average Bonchev–Trinajstić information content (AvgIpc) is 2.61. The summed E-state index contributed by atoms with van der Waals surface area (Å²) >= 11 is 0. The molecule has 22 heavy (non-hydrogen) atoms. The molecule has 0 aliphatic carbocycles. The zero-order chi connectivity index (χ0) is 15.2. The largest absolute Gasteiger partial charge is 0.371 e. The molecule has 2 N–H and O–H groups in total. The van der Waals surface area contributed by atoms with Gasteiger partial charge in [-0.1, -0.05) is 18.2 Å². The zero-order valence-corrected chi connectivity index (χ0v) is 13.2. The van der Waals surface area contributed by atoms with Gasteiger partial charge in [-0.2, -0.15) is 0 Å².